The summed E-state index contributed by atoms with van der Waals surface area (Å²) in [5, 5.41) is 11.4. The highest BCUT2D eigenvalue weighted by molar-refractivity contribution is 5.94. The molecule has 6 heteroatoms. The number of rotatable bonds is 5. The molecule has 1 unspecified atom stereocenters. The molecule has 18 heavy (non-hydrogen) atoms. The van der Waals surface area contributed by atoms with E-state index < -0.39 is 11.9 Å². The lowest BCUT2D eigenvalue weighted by atomic mass is 10.2. The Morgan fingerprint density at radius 1 is 1.61 bits per heavy atom. The van der Waals surface area contributed by atoms with Crippen LogP contribution in [0.5, 0.6) is 0 Å². The summed E-state index contributed by atoms with van der Waals surface area (Å²) in [7, 11) is 1.74. The highest BCUT2D eigenvalue weighted by Gasteiger charge is 2.17. The zero-order valence-electron chi connectivity index (χ0n) is 10.5. The van der Waals surface area contributed by atoms with Crippen molar-refractivity contribution in [3.8, 4) is 0 Å². The van der Waals surface area contributed by atoms with Crippen LogP contribution in [0.2, 0.25) is 0 Å². The fourth-order valence-electron chi connectivity index (χ4n) is 1.42. The van der Waals surface area contributed by atoms with E-state index in [9.17, 15) is 9.18 Å². The van der Waals surface area contributed by atoms with Crippen molar-refractivity contribution >= 4 is 17.3 Å². The Labute approximate surface area is 105 Å². The van der Waals surface area contributed by atoms with Gasteiger partial charge in [0.25, 0.3) is 0 Å². The minimum atomic E-state index is -0.515. The van der Waals surface area contributed by atoms with E-state index in [0.717, 1.165) is 0 Å². The number of nitrogens with one attached hydrogen (secondary N) is 1. The number of anilines is 2. The van der Waals surface area contributed by atoms with E-state index in [1.165, 1.54) is 18.2 Å². The first-order valence-electron chi connectivity index (χ1n) is 5.62. The van der Waals surface area contributed by atoms with Gasteiger partial charge in [0, 0.05) is 12.2 Å². The number of aliphatic hydroxyl groups excluding tert-OH is 1. The number of nitrogen functional groups attached to an aromatic ring is 1. The van der Waals surface area contributed by atoms with E-state index in [0.29, 0.717) is 12.2 Å². The molecule has 0 saturated carbocycles. The second kappa shape index (κ2) is 6.32. The first-order valence-corrected chi connectivity index (χ1v) is 5.62. The topological polar surface area (TPSA) is 78.6 Å². The Bertz CT molecular complexity index is 426. The van der Waals surface area contributed by atoms with Crippen molar-refractivity contribution in [1.29, 1.82) is 0 Å². The van der Waals surface area contributed by atoms with Crippen molar-refractivity contribution in [3.63, 3.8) is 0 Å². The van der Waals surface area contributed by atoms with E-state index in [4.69, 9.17) is 10.8 Å². The third-order valence-electron chi connectivity index (χ3n) is 2.76. The van der Waals surface area contributed by atoms with Gasteiger partial charge in [-0.1, -0.05) is 0 Å². The Morgan fingerprint density at radius 3 is 2.83 bits per heavy atom. The molecule has 1 aromatic rings. The minimum Gasteiger partial charge on any atom is -0.396 e. The van der Waals surface area contributed by atoms with Crippen molar-refractivity contribution in [2.75, 3.05) is 31.2 Å². The van der Waals surface area contributed by atoms with Crippen molar-refractivity contribution < 1.29 is 14.3 Å². The van der Waals surface area contributed by atoms with E-state index in [1.54, 1.807) is 18.9 Å². The van der Waals surface area contributed by atoms with Gasteiger partial charge in [0.05, 0.1) is 18.3 Å². The summed E-state index contributed by atoms with van der Waals surface area (Å²) >= 11 is 0. The number of amides is 1. The molecule has 0 saturated heterocycles. The van der Waals surface area contributed by atoms with Gasteiger partial charge in [-0.2, -0.15) is 0 Å². The summed E-state index contributed by atoms with van der Waals surface area (Å²) in [5.41, 5.74) is 5.85. The molecule has 0 radical (unpaired) electrons. The summed E-state index contributed by atoms with van der Waals surface area (Å²) in [6.45, 7) is 2.11. The average molecular weight is 255 g/mol. The molecule has 1 amide bonds. The summed E-state index contributed by atoms with van der Waals surface area (Å²) in [6, 6.07) is 3.62. The van der Waals surface area contributed by atoms with Crippen LogP contribution in [-0.2, 0) is 4.79 Å². The Hall–Kier alpha value is -1.66. The van der Waals surface area contributed by atoms with Crippen molar-refractivity contribution in [3.05, 3.63) is 24.0 Å². The molecule has 1 aromatic carbocycles. The second-order valence-electron chi connectivity index (χ2n) is 4.11. The predicted octanol–water partition coefficient (Wildman–Crippen LogP) is 0.659. The molecule has 1 rings (SSSR count). The number of likely N-dealkylation sites (N-methyl/N-ethyl adjacent to an activating group) is 1. The molecular weight excluding hydrogens is 237 g/mol. The first kappa shape index (κ1) is 14.4. The number of halogens is 1. The first-order chi connectivity index (χ1) is 8.45. The standard InChI is InChI=1S/C12H18FN3O2/c1-8(16(2)5-6-17)12(18)15-9-3-4-10(13)11(14)7-9/h3-4,7-8,17H,5-6,14H2,1-2H3,(H,15,18). The largest absolute Gasteiger partial charge is 0.396 e. The van der Waals surface area contributed by atoms with Crippen molar-refractivity contribution in [1.82, 2.24) is 4.90 Å². The zero-order valence-corrected chi connectivity index (χ0v) is 10.5. The molecule has 1 atom stereocenters. The van der Waals surface area contributed by atoms with Crippen LogP contribution in [0, 0.1) is 5.82 Å². The van der Waals surface area contributed by atoms with E-state index in [2.05, 4.69) is 5.32 Å². The minimum absolute atomic E-state index is 0.0100. The maximum absolute atomic E-state index is 12.9. The molecule has 0 spiro atoms. The summed E-state index contributed by atoms with van der Waals surface area (Å²) < 4.78 is 12.9. The summed E-state index contributed by atoms with van der Waals surface area (Å²) in [5.74, 6) is -0.754. The van der Waals surface area contributed by atoms with Crippen LogP contribution in [0.3, 0.4) is 0 Å². The maximum atomic E-state index is 12.9. The molecule has 4 N–H and O–H groups in total. The highest BCUT2D eigenvalue weighted by atomic mass is 19.1. The Balaban J connectivity index is 2.66. The van der Waals surface area contributed by atoms with Crippen LogP contribution in [0.1, 0.15) is 6.92 Å². The van der Waals surface area contributed by atoms with Gasteiger partial charge in [-0.05, 0) is 32.2 Å². The summed E-state index contributed by atoms with van der Waals surface area (Å²) in [6.07, 6.45) is 0. The fourth-order valence-corrected chi connectivity index (χ4v) is 1.42. The SMILES string of the molecule is CC(C(=O)Nc1ccc(F)c(N)c1)N(C)CCO. The molecule has 0 aliphatic rings. The average Bonchev–Trinajstić information content (AvgIpc) is 2.33. The molecule has 5 nitrogen and oxygen atoms in total. The lowest BCUT2D eigenvalue weighted by molar-refractivity contribution is -0.120. The monoisotopic (exact) mass is 255 g/mol. The van der Waals surface area contributed by atoms with Gasteiger partial charge in [0.2, 0.25) is 5.91 Å². The smallest absolute Gasteiger partial charge is 0.241 e. The number of benzene rings is 1. The van der Waals surface area contributed by atoms with Crippen LogP contribution >= 0.6 is 0 Å². The van der Waals surface area contributed by atoms with Gasteiger partial charge >= 0.3 is 0 Å². The number of carbonyl (C=O) groups is 1. The third kappa shape index (κ3) is 3.68. The number of nitrogens with zero attached hydrogens (tertiary/aromatic N) is 1. The van der Waals surface area contributed by atoms with Gasteiger partial charge < -0.3 is 16.2 Å². The van der Waals surface area contributed by atoms with Gasteiger partial charge in [-0.25, -0.2) is 4.39 Å². The van der Waals surface area contributed by atoms with Crippen LogP contribution in [0.25, 0.3) is 0 Å². The zero-order chi connectivity index (χ0) is 13.7. The van der Waals surface area contributed by atoms with Crippen LogP contribution in [0.4, 0.5) is 15.8 Å². The van der Waals surface area contributed by atoms with Crippen molar-refractivity contribution in [2.24, 2.45) is 0 Å². The molecule has 0 aromatic heterocycles. The maximum Gasteiger partial charge on any atom is 0.241 e. The van der Waals surface area contributed by atoms with E-state index >= 15 is 0 Å². The van der Waals surface area contributed by atoms with Gasteiger partial charge in [-0.3, -0.25) is 9.69 Å². The Morgan fingerprint density at radius 2 is 2.28 bits per heavy atom. The lowest BCUT2D eigenvalue weighted by Gasteiger charge is -2.22. The second-order valence-corrected chi connectivity index (χ2v) is 4.11. The Kier molecular flexibility index (Phi) is 5.06. The molecular formula is C12H18FN3O2. The number of hydrogen-bond donors (Lipinski definition) is 3. The summed E-state index contributed by atoms with van der Waals surface area (Å²) in [4.78, 5) is 13.6. The quantitative estimate of drug-likeness (QED) is 0.675. The van der Waals surface area contributed by atoms with Gasteiger partial charge in [0.1, 0.15) is 5.82 Å². The third-order valence-corrected chi connectivity index (χ3v) is 2.76. The van der Waals surface area contributed by atoms with Crippen molar-refractivity contribution in [2.45, 2.75) is 13.0 Å². The van der Waals surface area contributed by atoms with Gasteiger partial charge in [-0.15, -0.1) is 0 Å². The highest BCUT2D eigenvalue weighted by Crippen LogP contribution is 2.16. The molecule has 100 valence electrons. The molecule has 0 fully saturated rings. The number of hydrogen-bond acceptors (Lipinski definition) is 4. The number of carbonyl (C=O) groups excluding carboxylic acids is 1. The van der Waals surface area contributed by atoms with Crippen LogP contribution in [-0.4, -0.2) is 42.2 Å². The normalized spacial score (nSPS) is 12.5. The molecule has 0 bridgehead atoms. The van der Waals surface area contributed by atoms with E-state index in [1.807, 2.05) is 0 Å². The van der Waals surface area contributed by atoms with Crippen LogP contribution < -0.4 is 11.1 Å². The van der Waals surface area contributed by atoms with E-state index in [-0.39, 0.29) is 18.2 Å². The van der Waals surface area contributed by atoms with Gasteiger partial charge in [0.15, 0.2) is 0 Å². The number of nitrogens with two attached hydrogens (primary N) is 1. The number of aliphatic hydroxyl groups is 1. The van der Waals surface area contributed by atoms with Crippen LogP contribution in [0.15, 0.2) is 18.2 Å². The molecule has 0 aliphatic heterocycles. The fraction of sp³-hybridized carbons (Fsp3) is 0.417. The molecule has 0 aliphatic carbocycles. The molecule has 0 heterocycles. The lowest BCUT2D eigenvalue weighted by Crippen LogP contribution is -2.40. The predicted molar refractivity (Wildman–Crippen MR) is 68.6 cm³/mol.